The second-order valence-corrected chi connectivity index (χ2v) is 6.86. The monoisotopic (exact) mass is 373 g/mol. The van der Waals surface area contributed by atoms with E-state index in [1.165, 1.54) is 0 Å². The topological polar surface area (TPSA) is 54.7 Å². The van der Waals surface area contributed by atoms with Gasteiger partial charge in [-0.25, -0.2) is 14.4 Å². The Bertz CT molecular complexity index is 788. The van der Waals surface area contributed by atoms with Crippen LogP contribution in [0.3, 0.4) is 0 Å². The normalized spacial score (nSPS) is 17.6. The predicted molar refractivity (Wildman–Crippen MR) is 105 cm³/mol. The highest BCUT2D eigenvalue weighted by molar-refractivity contribution is 5.80. The Hall–Kier alpha value is -2.41. The number of guanidine groups is 1. The van der Waals surface area contributed by atoms with E-state index in [4.69, 9.17) is 9.73 Å². The summed E-state index contributed by atoms with van der Waals surface area (Å²) in [4.78, 5) is 11.1. The number of benzene rings is 1. The van der Waals surface area contributed by atoms with Crippen LogP contribution in [0.4, 0.5) is 4.39 Å². The Kier molecular flexibility index (Phi) is 6.45. The summed E-state index contributed by atoms with van der Waals surface area (Å²) >= 11 is 0. The minimum atomic E-state index is -0.268. The van der Waals surface area contributed by atoms with Crippen molar-refractivity contribution in [2.24, 2.45) is 10.9 Å². The summed E-state index contributed by atoms with van der Waals surface area (Å²) in [5, 5.41) is 3.34. The first kappa shape index (κ1) is 19.4. The van der Waals surface area contributed by atoms with Gasteiger partial charge in [0.1, 0.15) is 11.6 Å². The molecule has 0 aliphatic carbocycles. The highest BCUT2D eigenvalue weighted by atomic mass is 19.1. The van der Waals surface area contributed by atoms with E-state index in [1.807, 2.05) is 13.0 Å². The van der Waals surface area contributed by atoms with Crippen LogP contribution in [0.1, 0.15) is 24.7 Å². The Morgan fingerprint density at radius 3 is 2.96 bits per heavy atom. The van der Waals surface area contributed by atoms with Crippen LogP contribution in [-0.2, 0) is 11.3 Å². The smallest absolute Gasteiger partial charge is 0.194 e. The number of hydrogen-bond acceptors (Lipinski definition) is 3. The molecule has 1 saturated heterocycles. The molecule has 1 aromatic carbocycles. The number of halogens is 1. The van der Waals surface area contributed by atoms with Crippen LogP contribution in [0.5, 0.6) is 0 Å². The molecule has 2 aromatic rings. The summed E-state index contributed by atoms with van der Waals surface area (Å²) < 4.78 is 21.6. The van der Waals surface area contributed by atoms with Crippen LogP contribution in [0.15, 0.2) is 35.6 Å². The maximum absolute atomic E-state index is 14.6. The van der Waals surface area contributed by atoms with Gasteiger partial charge in [-0.3, -0.25) is 0 Å². The largest absolute Gasteiger partial charge is 0.384 e. The number of aryl methyl sites for hydroxylation is 1. The van der Waals surface area contributed by atoms with Gasteiger partial charge in [-0.15, -0.1) is 0 Å². The predicted octanol–water partition coefficient (Wildman–Crippen LogP) is 2.75. The van der Waals surface area contributed by atoms with Crippen molar-refractivity contribution in [1.82, 2.24) is 19.8 Å². The Morgan fingerprint density at radius 1 is 1.44 bits per heavy atom. The minimum Gasteiger partial charge on any atom is -0.384 e. The van der Waals surface area contributed by atoms with Crippen molar-refractivity contribution in [2.75, 3.05) is 33.4 Å². The summed E-state index contributed by atoms with van der Waals surface area (Å²) in [7, 11) is 1.74. The number of nitrogens with zero attached hydrogens (tertiary/aromatic N) is 4. The lowest BCUT2D eigenvalue weighted by atomic mass is 10.1. The van der Waals surface area contributed by atoms with Gasteiger partial charge < -0.3 is 19.5 Å². The average Bonchev–Trinajstić information content (AvgIpc) is 3.28. The van der Waals surface area contributed by atoms with E-state index in [-0.39, 0.29) is 5.82 Å². The number of aromatic nitrogens is 2. The fraction of sp³-hybridized carbons (Fsp3) is 0.500. The Labute approximate surface area is 160 Å². The number of hydrogen-bond donors (Lipinski definition) is 1. The molecule has 1 N–H and O–H groups in total. The van der Waals surface area contributed by atoms with E-state index in [0.29, 0.717) is 18.2 Å². The molecule has 146 valence electrons. The number of methoxy groups -OCH3 is 1. The average molecular weight is 373 g/mol. The van der Waals surface area contributed by atoms with E-state index >= 15 is 0 Å². The molecule has 7 heteroatoms. The highest BCUT2D eigenvalue weighted by Crippen LogP contribution is 2.19. The third kappa shape index (κ3) is 4.66. The van der Waals surface area contributed by atoms with Crippen LogP contribution in [-0.4, -0.2) is 53.8 Å². The summed E-state index contributed by atoms with van der Waals surface area (Å²) in [6.45, 7) is 7.83. The third-order valence-electron chi connectivity index (χ3n) is 4.83. The van der Waals surface area contributed by atoms with Crippen molar-refractivity contribution in [2.45, 2.75) is 26.8 Å². The number of nitrogens with one attached hydrogen (secondary N) is 1. The summed E-state index contributed by atoms with van der Waals surface area (Å²) in [5.41, 5.74) is 1.35. The van der Waals surface area contributed by atoms with Crippen molar-refractivity contribution in [3.8, 4) is 5.69 Å². The molecule has 0 saturated carbocycles. The SMILES string of the molecule is CCNC(=NCc1ccc(-n2ccnc2C)c(F)c1)N1CCC(COC)C1. The maximum Gasteiger partial charge on any atom is 0.194 e. The number of likely N-dealkylation sites (tertiary alicyclic amines) is 1. The molecule has 0 radical (unpaired) electrons. The van der Waals surface area contributed by atoms with Gasteiger partial charge in [0.05, 0.1) is 18.8 Å². The van der Waals surface area contributed by atoms with E-state index in [0.717, 1.165) is 50.0 Å². The van der Waals surface area contributed by atoms with Gasteiger partial charge in [0, 0.05) is 45.1 Å². The van der Waals surface area contributed by atoms with Gasteiger partial charge in [-0.1, -0.05) is 6.07 Å². The molecule has 6 nitrogen and oxygen atoms in total. The first-order valence-electron chi connectivity index (χ1n) is 9.43. The van der Waals surface area contributed by atoms with E-state index in [2.05, 4.69) is 22.1 Å². The zero-order valence-electron chi connectivity index (χ0n) is 16.3. The first-order chi connectivity index (χ1) is 13.1. The summed E-state index contributed by atoms with van der Waals surface area (Å²) in [6, 6.07) is 5.26. The van der Waals surface area contributed by atoms with Gasteiger partial charge in [0.25, 0.3) is 0 Å². The Balaban J connectivity index is 1.71. The number of ether oxygens (including phenoxy) is 1. The minimum absolute atomic E-state index is 0.268. The number of aliphatic imine (C=N–C) groups is 1. The standard InChI is InChI=1S/C20H28FN5O/c1-4-22-20(25-9-7-17(13-25)14-27-3)24-12-16-5-6-19(18(21)11-16)26-10-8-23-15(26)2/h5-6,8,10-11,17H,4,7,9,12-14H2,1-3H3,(H,22,24). The van der Waals surface area contributed by atoms with Crippen LogP contribution >= 0.6 is 0 Å². The molecule has 1 aliphatic heterocycles. The highest BCUT2D eigenvalue weighted by Gasteiger charge is 2.24. The number of imidazole rings is 1. The second kappa shape index (κ2) is 8.99. The molecule has 1 fully saturated rings. The van der Waals surface area contributed by atoms with Crippen LogP contribution < -0.4 is 5.32 Å². The summed E-state index contributed by atoms with van der Waals surface area (Å²) in [6.07, 6.45) is 4.53. The first-order valence-corrected chi connectivity index (χ1v) is 9.43. The number of rotatable bonds is 6. The van der Waals surface area contributed by atoms with E-state index in [1.54, 1.807) is 36.2 Å². The lowest BCUT2D eigenvalue weighted by Crippen LogP contribution is -2.40. The van der Waals surface area contributed by atoms with Crippen LogP contribution in [0.25, 0.3) is 5.69 Å². The van der Waals surface area contributed by atoms with Gasteiger partial charge >= 0.3 is 0 Å². The molecule has 1 atom stereocenters. The molecule has 3 rings (SSSR count). The zero-order valence-corrected chi connectivity index (χ0v) is 16.3. The lowest BCUT2D eigenvalue weighted by molar-refractivity contribution is 0.157. The van der Waals surface area contributed by atoms with E-state index in [9.17, 15) is 4.39 Å². The van der Waals surface area contributed by atoms with Gasteiger partial charge in [-0.05, 0) is 38.0 Å². The molecule has 1 aromatic heterocycles. The molecule has 1 unspecified atom stereocenters. The van der Waals surface area contributed by atoms with Crippen molar-refractivity contribution >= 4 is 5.96 Å². The third-order valence-corrected chi connectivity index (χ3v) is 4.83. The summed E-state index contributed by atoms with van der Waals surface area (Å²) in [5.74, 6) is 1.91. The molecule has 1 aliphatic rings. The van der Waals surface area contributed by atoms with Gasteiger partial charge in [0.15, 0.2) is 5.96 Å². The Morgan fingerprint density at radius 2 is 2.30 bits per heavy atom. The fourth-order valence-corrected chi connectivity index (χ4v) is 3.47. The molecule has 0 spiro atoms. The van der Waals surface area contributed by atoms with Gasteiger partial charge in [0.2, 0.25) is 0 Å². The molecular formula is C20H28FN5O. The van der Waals surface area contributed by atoms with Crippen LogP contribution in [0, 0.1) is 18.7 Å². The quantitative estimate of drug-likeness (QED) is 0.625. The molecule has 2 heterocycles. The second-order valence-electron chi connectivity index (χ2n) is 6.86. The van der Waals surface area contributed by atoms with Crippen molar-refractivity contribution in [3.05, 3.63) is 47.8 Å². The molecular weight excluding hydrogens is 345 g/mol. The lowest BCUT2D eigenvalue weighted by Gasteiger charge is -2.21. The molecule has 27 heavy (non-hydrogen) atoms. The van der Waals surface area contributed by atoms with Crippen molar-refractivity contribution in [3.63, 3.8) is 0 Å². The molecule has 0 amide bonds. The maximum atomic E-state index is 14.6. The van der Waals surface area contributed by atoms with Gasteiger partial charge in [-0.2, -0.15) is 0 Å². The zero-order chi connectivity index (χ0) is 19.2. The fourth-order valence-electron chi connectivity index (χ4n) is 3.47. The van der Waals surface area contributed by atoms with Crippen LogP contribution in [0.2, 0.25) is 0 Å². The van der Waals surface area contributed by atoms with Crippen molar-refractivity contribution in [1.29, 1.82) is 0 Å². The van der Waals surface area contributed by atoms with Crippen molar-refractivity contribution < 1.29 is 9.13 Å². The van der Waals surface area contributed by atoms with E-state index < -0.39 is 0 Å². The molecule has 0 bridgehead atoms.